The van der Waals surface area contributed by atoms with Gasteiger partial charge in [0.2, 0.25) is 5.88 Å². The molecule has 0 fully saturated rings. The fourth-order valence-corrected chi connectivity index (χ4v) is 2.69. The average Bonchev–Trinajstić information content (AvgIpc) is 2.65. The predicted octanol–water partition coefficient (Wildman–Crippen LogP) is 3.21. The number of anilines is 1. The van der Waals surface area contributed by atoms with Gasteiger partial charge in [0.15, 0.2) is 5.82 Å². The smallest absolute Gasteiger partial charge is 0.410 e. The zero-order valence-electron chi connectivity index (χ0n) is 15.1. The van der Waals surface area contributed by atoms with Crippen molar-refractivity contribution in [1.29, 1.82) is 0 Å². The largest absolute Gasteiger partial charge is 0.474 e. The lowest BCUT2D eigenvalue weighted by molar-refractivity contribution is 0.0223. The first kappa shape index (κ1) is 18.8. The molecule has 0 saturated heterocycles. The van der Waals surface area contributed by atoms with Crippen LogP contribution in [0.25, 0.3) is 0 Å². The van der Waals surface area contributed by atoms with E-state index in [0.717, 1.165) is 5.82 Å². The summed E-state index contributed by atoms with van der Waals surface area (Å²) >= 11 is 3.47. The summed E-state index contributed by atoms with van der Waals surface area (Å²) in [6, 6.07) is 0.276. The molecular weight excluding hydrogens is 376 g/mol. The highest BCUT2D eigenvalue weighted by molar-refractivity contribution is 9.10. The van der Waals surface area contributed by atoms with Gasteiger partial charge >= 0.3 is 6.09 Å². The van der Waals surface area contributed by atoms with Crippen LogP contribution in [-0.2, 0) is 11.3 Å². The number of hydrogen-bond acceptors (Lipinski definition) is 6. The molecule has 24 heavy (non-hydrogen) atoms. The molecule has 0 saturated carbocycles. The molecule has 1 aromatic rings. The minimum atomic E-state index is -0.539. The summed E-state index contributed by atoms with van der Waals surface area (Å²) in [6.45, 7) is 10.8. The molecule has 1 aliphatic heterocycles. The number of halogens is 1. The zero-order chi connectivity index (χ0) is 18.1. The van der Waals surface area contributed by atoms with Gasteiger partial charge in [-0.25, -0.2) is 9.78 Å². The second-order valence-electron chi connectivity index (χ2n) is 7.04. The number of carbonyl (C=O) groups excluding carboxylic acids is 1. The van der Waals surface area contributed by atoms with E-state index in [1.165, 1.54) is 0 Å². The fourth-order valence-electron chi connectivity index (χ4n) is 2.11. The number of carbonyl (C=O) groups is 1. The topological polar surface area (TPSA) is 67.8 Å². The van der Waals surface area contributed by atoms with Gasteiger partial charge in [-0.15, -0.1) is 0 Å². The van der Waals surface area contributed by atoms with Crippen LogP contribution in [0.1, 0.15) is 40.3 Å². The Bertz CT molecular complexity index is 616. The first-order chi connectivity index (χ1) is 11.1. The van der Waals surface area contributed by atoms with Gasteiger partial charge in [0, 0.05) is 13.1 Å². The van der Waals surface area contributed by atoms with Gasteiger partial charge in [-0.05, 0) is 50.5 Å². The molecule has 2 rings (SSSR count). The molecular formula is C16H25BrN4O3. The van der Waals surface area contributed by atoms with Crippen LogP contribution in [0.4, 0.5) is 10.6 Å². The molecule has 8 heteroatoms. The third-order valence-corrected chi connectivity index (χ3v) is 4.10. The number of nitrogens with zero attached hydrogens (tertiary/aromatic N) is 4. The number of fused-ring (bicyclic) bond motifs is 1. The molecule has 0 atom stereocenters. The Kier molecular flexibility index (Phi) is 5.57. The molecule has 0 N–H and O–H groups in total. The molecule has 1 aromatic heterocycles. The van der Waals surface area contributed by atoms with Gasteiger partial charge in [0.1, 0.15) is 22.5 Å². The van der Waals surface area contributed by atoms with E-state index < -0.39 is 5.60 Å². The molecule has 0 bridgehead atoms. The van der Waals surface area contributed by atoms with Crippen molar-refractivity contribution in [1.82, 2.24) is 14.9 Å². The van der Waals surface area contributed by atoms with Gasteiger partial charge in [-0.1, -0.05) is 0 Å². The van der Waals surface area contributed by atoms with Gasteiger partial charge < -0.3 is 14.4 Å². The summed E-state index contributed by atoms with van der Waals surface area (Å²) in [5, 5.41) is 0. The van der Waals surface area contributed by atoms with Crippen molar-refractivity contribution in [3.63, 3.8) is 0 Å². The summed E-state index contributed by atoms with van der Waals surface area (Å²) in [5.41, 5.74) is 0.0783. The molecule has 2 heterocycles. The lowest BCUT2D eigenvalue weighted by Crippen LogP contribution is -2.37. The lowest BCUT2D eigenvalue weighted by Gasteiger charge is -2.26. The van der Waals surface area contributed by atoms with Gasteiger partial charge in [-0.3, -0.25) is 4.90 Å². The molecule has 1 amide bonds. The quantitative estimate of drug-likeness (QED) is 0.758. The first-order valence-electron chi connectivity index (χ1n) is 7.98. The fraction of sp³-hybridized carbons (Fsp3) is 0.688. The Balaban J connectivity index is 2.25. The third-order valence-electron chi connectivity index (χ3n) is 3.57. The number of aromatic nitrogens is 2. The maximum atomic E-state index is 12.3. The van der Waals surface area contributed by atoms with Crippen molar-refractivity contribution in [2.45, 2.75) is 52.8 Å². The molecule has 0 spiro atoms. The van der Waals surface area contributed by atoms with Crippen LogP contribution < -0.4 is 9.64 Å². The van der Waals surface area contributed by atoms with E-state index in [1.807, 2.05) is 32.7 Å². The van der Waals surface area contributed by atoms with Gasteiger partial charge in [0.05, 0.1) is 13.1 Å². The average molecular weight is 401 g/mol. The first-order valence-corrected chi connectivity index (χ1v) is 8.77. The van der Waals surface area contributed by atoms with E-state index in [9.17, 15) is 4.79 Å². The lowest BCUT2D eigenvalue weighted by atomic mass is 10.2. The summed E-state index contributed by atoms with van der Waals surface area (Å²) in [4.78, 5) is 25.0. The SMILES string of the molecule is CC(C)N(C)c1nc2c(nc1Br)CN(C(=O)OC(C)(C)C)CCO2. The van der Waals surface area contributed by atoms with E-state index >= 15 is 0 Å². The molecule has 0 aliphatic carbocycles. The van der Waals surface area contributed by atoms with Crippen LogP contribution in [0.3, 0.4) is 0 Å². The molecule has 7 nitrogen and oxygen atoms in total. The van der Waals surface area contributed by atoms with Crippen LogP contribution in [0.5, 0.6) is 5.88 Å². The van der Waals surface area contributed by atoms with Crippen molar-refractivity contribution in [2.24, 2.45) is 0 Å². The maximum absolute atomic E-state index is 12.3. The number of hydrogen-bond donors (Lipinski definition) is 0. The van der Waals surface area contributed by atoms with Crippen LogP contribution in [0, 0.1) is 0 Å². The summed E-state index contributed by atoms with van der Waals surface area (Å²) < 4.78 is 11.8. The standard InChI is InChI=1S/C16H25BrN4O3/c1-10(2)20(6)13-12(17)18-11-9-21(7-8-23-14(11)19-13)15(22)24-16(3,4)5/h10H,7-9H2,1-6H3. The highest BCUT2D eigenvalue weighted by Crippen LogP contribution is 2.29. The molecule has 0 unspecified atom stereocenters. The minimum Gasteiger partial charge on any atom is -0.474 e. The second kappa shape index (κ2) is 7.13. The van der Waals surface area contributed by atoms with Crippen LogP contribution >= 0.6 is 15.9 Å². The number of amides is 1. The van der Waals surface area contributed by atoms with Gasteiger partial charge in [-0.2, -0.15) is 4.98 Å². The van der Waals surface area contributed by atoms with Crippen molar-refractivity contribution in [3.8, 4) is 5.88 Å². The summed E-state index contributed by atoms with van der Waals surface area (Å²) in [5.74, 6) is 1.18. The Morgan fingerprint density at radius 1 is 1.38 bits per heavy atom. The van der Waals surface area contributed by atoms with Crippen molar-refractivity contribution >= 4 is 27.8 Å². The highest BCUT2D eigenvalue weighted by Gasteiger charge is 2.27. The maximum Gasteiger partial charge on any atom is 0.410 e. The highest BCUT2D eigenvalue weighted by atomic mass is 79.9. The van der Waals surface area contributed by atoms with Crippen molar-refractivity contribution < 1.29 is 14.3 Å². The summed E-state index contributed by atoms with van der Waals surface area (Å²) in [6.07, 6.45) is -0.375. The second-order valence-corrected chi connectivity index (χ2v) is 7.80. The Morgan fingerprint density at radius 3 is 2.62 bits per heavy atom. The van der Waals surface area contributed by atoms with Crippen LogP contribution in [-0.4, -0.2) is 52.8 Å². The number of rotatable bonds is 2. The Morgan fingerprint density at radius 2 is 2.04 bits per heavy atom. The molecule has 0 aromatic carbocycles. The van der Waals surface area contributed by atoms with E-state index in [-0.39, 0.29) is 12.1 Å². The van der Waals surface area contributed by atoms with Crippen LogP contribution in [0.15, 0.2) is 4.60 Å². The normalized spacial score (nSPS) is 14.8. The Hall–Kier alpha value is -1.57. The van der Waals surface area contributed by atoms with E-state index in [4.69, 9.17) is 9.47 Å². The van der Waals surface area contributed by atoms with Crippen molar-refractivity contribution in [3.05, 3.63) is 10.3 Å². The third kappa shape index (κ3) is 4.49. The zero-order valence-corrected chi connectivity index (χ0v) is 16.7. The molecule has 0 radical (unpaired) electrons. The van der Waals surface area contributed by atoms with Crippen LogP contribution in [0.2, 0.25) is 0 Å². The van der Waals surface area contributed by atoms with E-state index in [1.54, 1.807) is 4.90 Å². The monoisotopic (exact) mass is 400 g/mol. The van der Waals surface area contributed by atoms with Gasteiger partial charge in [0.25, 0.3) is 0 Å². The minimum absolute atomic E-state index is 0.276. The molecule has 1 aliphatic rings. The Labute approximate surface area is 151 Å². The predicted molar refractivity (Wildman–Crippen MR) is 95.4 cm³/mol. The van der Waals surface area contributed by atoms with E-state index in [0.29, 0.717) is 35.9 Å². The van der Waals surface area contributed by atoms with E-state index in [2.05, 4.69) is 39.7 Å². The molecule has 134 valence electrons. The summed E-state index contributed by atoms with van der Waals surface area (Å²) in [7, 11) is 1.95. The number of ether oxygens (including phenoxy) is 2. The van der Waals surface area contributed by atoms with Crippen molar-refractivity contribution in [2.75, 3.05) is 25.1 Å².